The van der Waals surface area contributed by atoms with E-state index >= 15 is 0 Å². The second-order valence-electron chi connectivity index (χ2n) is 5.04. The smallest absolute Gasteiger partial charge is 0.0665 e. The molecule has 0 aromatic heterocycles. The van der Waals surface area contributed by atoms with E-state index in [0.29, 0.717) is 0 Å². The van der Waals surface area contributed by atoms with E-state index in [1.165, 1.54) is 36.0 Å². The zero-order valence-electron chi connectivity index (χ0n) is 9.09. The summed E-state index contributed by atoms with van der Waals surface area (Å²) in [6.45, 7) is 2.15. The van der Waals surface area contributed by atoms with Crippen molar-refractivity contribution in [3.63, 3.8) is 0 Å². The standard InChI is InChI=1S/C14H15N/c1-10-2-3-11-4-6-14(13(11)8-10)7-5-12(14)9-15/h2-3,8,12H,4-7H2,1H3/t12-,14+/m0/s1. The fourth-order valence-corrected chi connectivity index (χ4v) is 3.31. The molecule has 1 nitrogen and oxygen atoms in total. The Hall–Kier alpha value is -1.29. The van der Waals surface area contributed by atoms with Gasteiger partial charge in [-0.3, -0.25) is 0 Å². The molecule has 76 valence electrons. The second-order valence-corrected chi connectivity index (χ2v) is 5.04. The first-order valence-electron chi connectivity index (χ1n) is 5.76. The first-order valence-corrected chi connectivity index (χ1v) is 5.76. The molecule has 1 spiro atoms. The van der Waals surface area contributed by atoms with Gasteiger partial charge < -0.3 is 0 Å². The predicted octanol–water partition coefficient (Wildman–Crippen LogP) is 3.11. The summed E-state index contributed by atoms with van der Waals surface area (Å²) in [6, 6.07) is 9.25. The van der Waals surface area contributed by atoms with Crippen LogP contribution in [0.5, 0.6) is 0 Å². The maximum absolute atomic E-state index is 9.16. The van der Waals surface area contributed by atoms with Crippen LogP contribution < -0.4 is 0 Å². The van der Waals surface area contributed by atoms with Gasteiger partial charge >= 0.3 is 0 Å². The van der Waals surface area contributed by atoms with E-state index in [1.54, 1.807) is 0 Å². The fourth-order valence-electron chi connectivity index (χ4n) is 3.31. The van der Waals surface area contributed by atoms with Crippen LogP contribution in [0.25, 0.3) is 0 Å². The lowest BCUT2D eigenvalue weighted by molar-refractivity contribution is 0.171. The Morgan fingerprint density at radius 2 is 2.27 bits per heavy atom. The zero-order chi connectivity index (χ0) is 10.5. The molecule has 0 aliphatic heterocycles. The molecule has 0 amide bonds. The van der Waals surface area contributed by atoms with Crippen molar-refractivity contribution in [2.24, 2.45) is 5.92 Å². The summed E-state index contributed by atoms with van der Waals surface area (Å²) in [6.07, 6.45) is 4.70. The molecule has 0 bridgehead atoms. The van der Waals surface area contributed by atoms with Crippen LogP contribution in [0.3, 0.4) is 0 Å². The van der Waals surface area contributed by atoms with Gasteiger partial charge in [0.25, 0.3) is 0 Å². The Labute approximate surface area is 90.7 Å². The molecule has 2 aliphatic rings. The topological polar surface area (TPSA) is 23.8 Å². The Morgan fingerprint density at radius 1 is 1.40 bits per heavy atom. The van der Waals surface area contributed by atoms with Gasteiger partial charge in [-0.05, 0) is 43.7 Å². The second kappa shape index (κ2) is 2.85. The minimum atomic E-state index is 0.246. The van der Waals surface area contributed by atoms with Gasteiger partial charge in [-0.1, -0.05) is 23.8 Å². The van der Waals surface area contributed by atoms with Crippen LogP contribution in [0.4, 0.5) is 0 Å². The number of nitriles is 1. The first kappa shape index (κ1) is 8.97. The molecule has 0 radical (unpaired) electrons. The molecule has 0 saturated heterocycles. The van der Waals surface area contributed by atoms with Crippen LogP contribution in [0.1, 0.15) is 36.0 Å². The van der Waals surface area contributed by atoms with E-state index in [1.807, 2.05) is 0 Å². The first-order chi connectivity index (χ1) is 7.26. The van der Waals surface area contributed by atoms with Gasteiger partial charge in [0.2, 0.25) is 0 Å². The lowest BCUT2D eigenvalue weighted by Gasteiger charge is -2.44. The largest absolute Gasteiger partial charge is 0.198 e. The van der Waals surface area contributed by atoms with Crippen LogP contribution in [0.2, 0.25) is 0 Å². The number of hydrogen-bond acceptors (Lipinski definition) is 1. The molecule has 1 saturated carbocycles. The monoisotopic (exact) mass is 197 g/mol. The van der Waals surface area contributed by atoms with Crippen LogP contribution >= 0.6 is 0 Å². The number of hydrogen-bond donors (Lipinski definition) is 0. The van der Waals surface area contributed by atoms with Crippen molar-refractivity contribution < 1.29 is 0 Å². The average Bonchev–Trinajstić information content (AvgIpc) is 2.57. The number of rotatable bonds is 0. The third-order valence-corrected chi connectivity index (χ3v) is 4.34. The van der Waals surface area contributed by atoms with Gasteiger partial charge in [-0.15, -0.1) is 0 Å². The SMILES string of the molecule is Cc1ccc2c(c1)[C@]1(CC2)CC[C@H]1C#N. The third-order valence-electron chi connectivity index (χ3n) is 4.34. The van der Waals surface area contributed by atoms with Gasteiger partial charge in [-0.2, -0.15) is 5.26 Å². The zero-order valence-corrected chi connectivity index (χ0v) is 9.09. The average molecular weight is 197 g/mol. The summed E-state index contributed by atoms with van der Waals surface area (Å²) in [5.74, 6) is 0.278. The molecule has 2 aliphatic carbocycles. The van der Waals surface area contributed by atoms with Crippen molar-refractivity contribution in [2.45, 2.75) is 38.0 Å². The maximum atomic E-state index is 9.16. The Morgan fingerprint density at radius 3 is 2.93 bits per heavy atom. The number of aryl methyl sites for hydroxylation is 2. The molecule has 1 aromatic rings. The normalized spacial score (nSPS) is 32.1. The number of fused-ring (bicyclic) bond motifs is 2. The summed E-state index contributed by atoms with van der Waals surface area (Å²) in [7, 11) is 0. The van der Waals surface area contributed by atoms with Crippen molar-refractivity contribution in [2.75, 3.05) is 0 Å². The molecule has 1 aromatic carbocycles. The Kier molecular flexibility index (Phi) is 1.71. The summed E-state index contributed by atoms with van der Waals surface area (Å²) >= 11 is 0. The minimum absolute atomic E-state index is 0.246. The number of nitrogens with zero attached hydrogens (tertiary/aromatic N) is 1. The molecular weight excluding hydrogens is 182 g/mol. The minimum Gasteiger partial charge on any atom is -0.198 e. The quantitative estimate of drug-likeness (QED) is 0.627. The maximum Gasteiger partial charge on any atom is 0.0665 e. The van der Waals surface area contributed by atoms with Gasteiger partial charge in [0.05, 0.1) is 12.0 Å². The van der Waals surface area contributed by atoms with Crippen LogP contribution in [0.15, 0.2) is 18.2 Å². The van der Waals surface area contributed by atoms with Crippen LogP contribution in [-0.2, 0) is 11.8 Å². The van der Waals surface area contributed by atoms with Gasteiger partial charge in [-0.25, -0.2) is 0 Å². The van der Waals surface area contributed by atoms with Gasteiger partial charge in [0.15, 0.2) is 0 Å². The summed E-state index contributed by atoms with van der Waals surface area (Å²) in [5, 5.41) is 9.16. The van der Waals surface area contributed by atoms with Crippen molar-refractivity contribution in [3.8, 4) is 6.07 Å². The Bertz CT molecular complexity index is 455. The highest BCUT2D eigenvalue weighted by atomic mass is 14.5. The molecule has 2 atom stereocenters. The van der Waals surface area contributed by atoms with E-state index in [0.717, 1.165) is 6.42 Å². The lowest BCUT2D eigenvalue weighted by atomic mass is 9.57. The number of benzene rings is 1. The molecule has 15 heavy (non-hydrogen) atoms. The van der Waals surface area contributed by atoms with Gasteiger partial charge in [0.1, 0.15) is 0 Å². The summed E-state index contributed by atoms with van der Waals surface area (Å²) in [4.78, 5) is 0. The summed E-state index contributed by atoms with van der Waals surface area (Å²) in [5.41, 5.74) is 4.55. The van der Waals surface area contributed by atoms with E-state index < -0.39 is 0 Å². The highest BCUT2D eigenvalue weighted by molar-refractivity contribution is 5.45. The lowest BCUT2D eigenvalue weighted by Crippen LogP contribution is -2.41. The predicted molar refractivity (Wildman–Crippen MR) is 59.5 cm³/mol. The van der Waals surface area contributed by atoms with E-state index in [2.05, 4.69) is 31.2 Å². The molecule has 1 fully saturated rings. The van der Waals surface area contributed by atoms with E-state index in [4.69, 9.17) is 5.26 Å². The van der Waals surface area contributed by atoms with Gasteiger partial charge in [0, 0.05) is 5.41 Å². The van der Waals surface area contributed by atoms with Crippen LogP contribution in [-0.4, -0.2) is 0 Å². The highest BCUT2D eigenvalue weighted by Crippen LogP contribution is 2.56. The van der Waals surface area contributed by atoms with Crippen LogP contribution in [0, 0.1) is 24.2 Å². The summed E-state index contributed by atoms with van der Waals surface area (Å²) < 4.78 is 0. The molecule has 0 unspecified atom stereocenters. The van der Waals surface area contributed by atoms with Crippen molar-refractivity contribution in [1.82, 2.24) is 0 Å². The fraction of sp³-hybridized carbons (Fsp3) is 0.500. The highest BCUT2D eigenvalue weighted by Gasteiger charge is 2.51. The van der Waals surface area contributed by atoms with Crippen molar-refractivity contribution >= 4 is 0 Å². The van der Waals surface area contributed by atoms with E-state index in [9.17, 15) is 0 Å². The van der Waals surface area contributed by atoms with Crippen molar-refractivity contribution in [3.05, 3.63) is 34.9 Å². The van der Waals surface area contributed by atoms with Crippen molar-refractivity contribution in [1.29, 1.82) is 5.26 Å². The van der Waals surface area contributed by atoms with E-state index in [-0.39, 0.29) is 11.3 Å². The molecular formula is C14H15N. The Balaban J connectivity index is 2.12. The molecule has 3 rings (SSSR count). The molecule has 0 N–H and O–H groups in total. The molecule has 0 heterocycles. The third kappa shape index (κ3) is 1.03. The molecule has 1 heteroatoms.